The Labute approximate surface area is 91.7 Å². The lowest BCUT2D eigenvalue weighted by molar-refractivity contribution is 0.923. The third-order valence-electron chi connectivity index (χ3n) is 2.26. The predicted molar refractivity (Wildman–Crippen MR) is 61.1 cm³/mol. The van der Waals surface area contributed by atoms with E-state index in [4.69, 9.17) is 0 Å². The SMILES string of the molecule is Cc1ccc(Br)cc1-c1nccn1C. The van der Waals surface area contributed by atoms with E-state index in [9.17, 15) is 0 Å². The normalized spacial score (nSPS) is 10.5. The van der Waals surface area contributed by atoms with Crippen LogP contribution >= 0.6 is 15.9 Å². The predicted octanol–water partition coefficient (Wildman–Crippen LogP) is 3.16. The number of benzene rings is 1. The van der Waals surface area contributed by atoms with Gasteiger partial charge in [0.15, 0.2) is 0 Å². The molecule has 0 aliphatic rings. The highest BCUT2D eigenvalue weighted by molar-refractivity contribution is 9.10. The Bertz CT molecular complexity index is 460. The first kappa shape index (κ1) is 9.46. The second-order valence-corrected chi connectivity index (χ2v) is 4.24. The van der Waals surface area contributed by atoms with Crippen LogP contribution in [0, 0.1) is 6.92 Å². The van der Waals surface area contributed by atoms with Gasteiger partial charge in [-0.2, -0.15) is 0 Å². The molecule has 1 aromatic carbocycles. The third-order valence-corrected chi connectivity index (χ3v) is 2.75. The van der Waals surface area contributed by atoms with Crippen LogP contribution in [-0.4, -0.2) is 9.55 Å². The summed E-state index contributed by atoms with van der Waals surface area (Å²) in [4.78, 5) is 4.33. The molecule has 3 heteroatoms. The van der Waals surface area contributed by atoms with Crippen LogP contribution in [-0.2, 0) is 7.05 Å². The number of aromatic nitrogens is 2. The Kier molecular flexibility index (Phi) is 2.42. The van der Waals surface area contributed by atoms with E-state index in [1.807, 2.05) is 30.1 Å². The van der Waals surface area contributed by atoms with Crippen molar-refractivity contribution in [2.24, 2.45) is 7.05 Å². The summed E-state index contributed by atoms with van der Waals surface area (Å²) < 4.78 is 3.11. The summed E-state index contributed by atoms with van der Waals surface area (Å²) >= 11 is 3.47. The van der Waals surface area contributed by atoms with Crippen LogP contribution in [0.3, 0.4) is 0 Å². The van der Waals surface area contributed by atoms with E-state index in [0.29, 0.717) is 0 Å². The summed E-state index contributed by atoms with van der Waals surface area (Å²) in [6.45, 7) is 2.09. The zero-order chi connectivity index (χ0) is 10.1. The fraction of sp³-hybridized carbons (Fsp3) is 0.182. The Morgan fingerprint density at radius 2 is 2.14 bits per heavy atom. The van der Waals surface area contributed by atoms with E-state index in [0.717, 1.165) is 10.3 Å². The summed E-state index contributed by atoms with van der Waals surface area (Å²) in [6, 6.07) is 6.23. The molecule has 0 unspecified atom stereocenters. The molecule has 0 aliphatic heterocycles. The Morgan fingerprint density at radius 1 is 1.36 bits per heavy atom. The first-order valence-corrected chi connectivity index (χ1v) is 5.21. The molecule has 2 nitrogen and oxygen atoms in total. The summed E-state index contributed by atoms with van der Waals surface area (Å²) in [6.07, 6.45) is 3.77. The van der Waals surface area contributed by atoms with Crippen molar-refractivity contribution < 1.29 is 0 Å². The summed E-state index contributed by atoms with van der Waals surface area (Å²) in [7, 11) is 2.00. The number of nitrogens with zero attached hydrogens (tertiary/aromatic N) is 2. The smallest absolute Gasteiger partial charge is 0.139 e. The van der Waals surface area contributed by atoms with Crippen molar-refractivity contribution in [3.05, 3.63) is 40.6 Å². The van der Waals surface area contributed by atoms with Gasteiger partial charge in [0, 0.05) is 29.5 Å². The monoisotopic (exact) mass is 250 g/mol. The van der Waals surface area contributed by atoms with Crippen LogP contribution in [0.4, 0.5) is 0 Å². The Morgan fingerprint density at radius 3 is 2.79 bits per heavy atom. The number of halogens is 1. The first-order valence-electron chi connectivity index (χ1n) is 4.42. The highest BCUT2D eigenvalue weighted by Gasteiger charge is 2.06. The number of hydrogen-bond donors (Lipinski definition) is 0. The van der Waals surface area contributed by atoms with Crippen LogP contribution < -0.4 is 0 Å². The maximum Gasteiger partial charge on any atom is 0.139 e. The maximum absolute atomic E-state index is 4.33. The second kappa shape index (κ2) is 3.58. The van der Waals surface area contributed by atoms with Gasteiger partial charge in [0.2, 0.25) is 0 Å². The Hall–Kier alpha value is -1.09. The van der Waals surface area contributed by atoms with Gasteiger partial charge < -0.3 is 4.57 Å². The van der Waals surface area contributed by atoms with Gasteiger partial charge in [-0.1, -0.05) is 22.0 Å². The number of hydrogen-bond acceptors (Lipinski definition) is 1. The van der Waals surface area contributed by atoms with Crippen molar-refractivity contribution in [2.45, 2.75) is 6.92 Å². The van der Waals surface area contributed by atoms with Crippen LogP contribution in [0.15, 0.2) is 35.1 Å². The van der Waals surface area contributed by atoms with Crippen LogP contribution in [0.25, 0.3) is 11.4 Å². The van der Waals surface area contributed by atoms with E-state index in [1.165, 1.54) is 11.1 Å². The minimum Gasteiger partial charge on any atom is -0.334 e. The molecule has 0 saturated heterocycles. The van der Waals surface area contributed by atoms with Crippen molar-refractivity contribution in [3.63, 3.8) is 0 Å². The molecule has 2 aromatic rings. The Balaban J connectivity index is 2.62. The van der Waals surface area contributed by atoms with Gasteiger partial charge >= 0.3 is 0 Å². The molecular weight excluding hydrogens is 240 g/mol. The molecule has 0 fully saturated rings. The molecule has 0 bridgehead atoms. The van der Waals surface area contributed by atoms with Crippen molar-refractivity contribution in [1.82, 2.24) is 9.55 Å². The first-order chi connectivity index (χ1) is 6.68. The molecule has 72 valence electrons. The third kappa shape index (κ3) is 1.60. The van der Waals surface area contributed by atoms with Gasteiger partial charge in [-0.3, -0.25) is 0 Å². The van der Waals surface area contributed by atoms with Gasteiger partial charge in [-0.05, 0) is 24.6 Å². The largest absolute Gasteiger partial charge is 0.334 e. The average Bonchev–Trinajstić information content (AvgIpc) is 2.56. The van der Waals surface area contributed by atoms with Crippen molar-refractivity contribution >= 4 is 15.9 Å². The standard InChI is InChI=1S/C11H11BrN2/c1-8-3-4-9(12)7-10(8)11-13-5-6-14(11)2/h3-7H,1-2H3. The fourth-order valence-electron chi connectivity index (χ4n) is 1.46. The molecule has 1 heterocycles. The summed E-state index contributed by atoms with van der Waals surface area (Å²) in [5.74, 6) is 1.00. The molecule has 1 aromatic heterocycles. The highest BCUT2D eigenvalue weighted by atomic mass is 79.9. The fourth-order valence-corrected chi connectivity index (χ4v) is 1.82. The molecule has 0 N–H and O–H groups in total. The quantitative estimate of drug-likeness (QED) is 0.761. The molecule has 0 atom stereocenters. The molecule has 0 radical (unpaired) electrons. The molecule has 14 heavy (non-hydrogen) atoms. The molecule has 0 saturated carbocycles. The van der Waals surface area contributed by atoms with Crippen molar-refractivity contribution in [3.8, 4) is 11.4 Å². The van der Waals surface area contributed by atoms with Gasteiger partial charge in [-0.25, -0.2) is 4.98 Å². The summed E-state index contributed by atoms with van der Waals surface area (Å²) in [5.41, 5.74) is 2.41. The topological polar surface area (TPSA) is 17.8 Å². The average molecular weight is 251 g/mol. The lowest BCUT2D eigenvalue weighted by Gasteiger charge is -2.06. The van der Waals surface area contributed by atoms with Crippen molar-refractivity contribution in [1.29, 1.82) is 0 Å². The minimum absolute atomic E-state index is 1.00. The van der Waals surface area contributed by atoms with Gasteiger partial charge in [0.25, 0.3) is 0 Å². The lowest BCUT2D eigenvalue weighted by atomic mass is 10.1. The van der Waals surface area contributed by atoms with Gasteiger partial charge in [-0.15, -0.1) is 0 Å². The zero-order valence-corrected chi connectivity index (χ0v) is 9.75. The van der Waals surface area contributed by atoms with Crippen LogP contribution in [0.2, 0.25) is 0 Å². The lowest BCUT2D eigenvalue weighted by Crippen LogP contribution is -1.93. The molecule has 0 amide bonds. The minimum atomic E-state index is 1.00. The highest BCUT2D eigenvalue weighted by Crippen LogP contribution is 2.24. The number of rotatable bonds is 1. The van der Waals surface area contributed by atoms with E-state index in [-0.39, 0.29) is 0 Å². The maximum atomic E-state index is 4.33. The molecule has 0 spiro atoms. The van der Waals surface area contributed by atoms with Crippen LogP contribution in [0.1, 0.15) is 5.56 Å². The number of imidazole rings is 1. The van der Waals surface area contributed by atoms with E-state index >= 15 is 0 Å². The van der Waals surface area contributed by atoms with Gasteiger partial charge in [0.05, 0.1) is 0 Å². The number of aryl methyl sites for hydroxylation is 2. The molecule has 0 aliphatic carbocycles. The summed E-state index contributed by atoms with van der Waals surface area (Å²) in [5, 5.41) is 0. The second-order valence-electron chi connectivity index (χ2n) is 3.32. The van der Waals surface area contributed by atoms with Crippen molar-refractivity contribution in [2.75, 3.05) is 0 Å². The zero-order valence-electron chi connectivity index (χ0n) is 8.16. The van der Waals surface area contributed by atoms with E-state index in [1.54, 1.807) is 0 Å². The van der Waals surface area contributed by atoms with Crippen LogP contribution in [0.5, 0.6) is 0 Å². The molecular formula is C11H11BrN2. The van der Waals surface area contributed by atoms with Gasteiger partial charge in [0.1, 0.15) is 5.82 Å². The van der Waals surface area contributed by atoms with E-state index < -0.39 is 0 Å². The molecule has 2 rings (SSSR count). The van der Waals surface area contributed by atoms with E-state index in [2.05, 4.69) is 40.0 Å².